The molecule has 7 atom stereocenters. The van der Waals surface area contributed by atoms with Gasteiger partial charge in [0.2, 0.25) is 0 Å². The Balaban J connectivity index is 5.19. The molecule has 0 aromatic heterocycles. The molecule has 0 aromatic rings. The first-order chi connectivity index (χ1) is 41.2. The molecule has 19 heteroatoms. The number of carbonyl (C=O) groups excluding carboxylic acids is 4. The van der Waals surface area contributed by atoms with E-state index in [9.17, 15) is 43.2 Å². The van der Waals surface area contributed by atoms with Gasteiger partial charge in [0.1, 0.15) is 19.3 Å². The first-order valence-electron chi connectivity index (χ1n) is 34.8. The fourth-order valence-electron chi connectivity index (χ4n) is 9.89. The molecule has 0 heterocycles. The van der Waals surface area contributed by atoms with Gasteiger partial charge < -0.3 is 33.8 Å². The molecule has 0 saturated carbocycles. The van der Waals surface area contributed by atoms with Crippen LogP contribution in [0.3, 0.4) is 0 Å². The summed E-state index contributed by atoms with van der Waals surface area (Å²) in [7, 11) is -9.89. The quantitative estimate of drug-likeness (QED) is 0.0222. The molecule has 0 amide bonds. The van der Waals surface area contributed by atoms with Gasteiger partial charge in [-0.05, 0) is 49.4 Å². The maximum absolute atomic E-state index is 13.0. The number of hydrogen-bond donors (Lipinski definition) is 3. The largest absolute Gasteiger partial charge is 0.472 e. The standard InChI is InChI=1S/C67H130O17P2/c1-9-59(7)45-37-29-19-17-15-13-11-12-14-16-18-20-33-41-49-66(71)83-62(53-77-64(69)47-39-31-24-21-27-35-43-57(3)4)55-81-85(73,74)79-51-61(68)52-80-86(75,76)82-56-63(84-67(72)50-42-34-25-22-28-36-44-58(5)6)54-78-65(70)48-40-32-26-23-30-38-46-60(8)10-2/h57-63,68H,9-56H2,1-8H3,(H,73,74)(H,75,76)/t59?,60?,61-,62+,63+/m0/s1. The molecular formula is C67H130O17P2. The van der Waals surface area contributed by atoms with E-state index >= 15 is 0 Å². The first kappa shape index (κ1) is 84.1. The summed E-state index contributed by atoms with van der Waals surface area (Å²) in [6.07, 6.45) is 37.9. The van der Waals surface area contributed by atoms with Crippen LogP contribution < -0.4 is 0 Å². The lowest BCUT2D eigenvalue weighted by atomic mass is 9.99. The Hall–Kier alpha value is -1.94. The number of unbranched alkanes of at least 4 members (excludes halogenated alkanes) is 28. The van der Waals surface area contributed by atoms with E-state index in [0.717, 1.165) is 115 Å². The van der Waals surface area contributed by atoms with E-state index in [1.54, 1.807) is 0 Å². The molecule has 3 N–H and O–H groups in total. The normalized spacial score (nSPS) is 15.0. The molecule has 0 saturated heterocycles. The fraction of sp³-hybridized carbons (Fsp3) is 0.940. The van der Waals surface area contributed by atoms with Crippen molar-refractivity contribution in [3.8, 4) is 0 Å². The van der Waals surface area contributed by atoms with Crippen LogP contribution in [0.15, 0.2) is 0 Å². The molecule has 17 nitrogen and oxygen atoms in total. The van der Waals surface area contributed by atoms with E-state index in [2.05, 4.69) is 55.4 Å². The number of aliphatic hydroxyl groups excluding tert-OH is 1. The molecule has 0 aliphatic heterocycles. The highest BCUT2D eigenvalue weighted by Gasteiger charge is 2.30. The molecular weight excluding hydrogens is 1140 g/mol. The van der Waals surface area contributed by atoms with Crippen LogP contribution in [0.25, 0.3) is 0 Å². The van der Waals surface area contributed by atoms with Gasteiger partial charge in [0.05, 0.1) is 26.4 Å². The molecule has 0 aromatic carbocycles. The summed E-state index contributed by atoms with van der Waals surface area (Å²) in [5, 5.41) is 10.5. The Morgan fingerprint density at radius 3 is 0.826 bits per heavy atom. The molecule has 0 aliphatic carbocycles. The molecule has 0 bridgehead atoms. The molecule has 510 valence electrons. The molecule has 0 rings (SSSR count). The van der Waals surface area contributed by atoms with Crippen molar-refractivity contribution < 1.29 is 80.2 Å². The molecule has 4 unspecified atom stereocenters. The average Bonchev–Trinajstić information content (AvgIpc) is 3.67. The van der Waals surface area contributed by atoms with E-state index in [0.29, 0.717) is 37.5 Å². The lowest BCUT2D eigenvalue weighted by molar-refractivity contribution is -0.161. The van der Waals surface area contributed by atoms with Gasteiger partial charge in [-0.25, -0.2) is 9.13 Å². The van der Waals surface area contributed by atoms with Crippen molar-refractivity contribution in [1.82, 2.24) is 0 Å². The van der Waals surface area contributed by atoms with Gasteiger partial charge in [-0.1, -0.05) is 274 Å². The maximum atomic E-state index is 13.0. The van der Waals surface area contributed by atoms with Gasteiger partial charge in [0.25, 0.3) is 0 Å². The van der Waals surface area contributed by atoms with Crippen LogP contribution >= 0.6 is 15.6 Å². The zero-order chi connectivity index (χ0) is 63.9. The summed E-state index contributed by atoms with van der Waals surface area (Å²) in [6, 6.07) is 0. The van der Waals surface area contributed by atoms with Gasteiger partial charge in [-0.3, -0.25) is 37.3 Å². The van der Waals surface area contributed by atoms with Gasteiger partial charge in [0.15, 0.2) is 12.2 Å². The summed E-state index contributed by atoms with van der Waals surface area (Å²) in [4.78, 5) is 72.3. The van der Waals surface area contributed by atoms with Crippen molar-refractivity contribution >= 4 is 39.5 Å². The Kier molecular flexibility index (Phi) is 55.7. The van der Waals surface area contributed by atoms with Gasteiger partial charge >= 0.3 is 39.5 Å². The third-order valence-corrected chi connectivity index (χ3v) is 17.9. The van der Waals surface area contributed by atoms with Crippen LogP contribution in [-0.2, 0) is 65.4 Å². The molecule has 0 radical (unpaired) electrons. The summed E-state index contributed by atoms with van der Waals surface area (Å²) in [5.74, 6) is 0.784. The van der Waals surface area contributed by atoms with Crippen LogP contribution in [0.5, 0.6) is 0 Å². The number of phosphoric acid groups is 2. The van der Waals surface area contributed by atoms with Crippen molar-refractivity contribution in [2.75, 3.05) is 39.6 Å². The lowest BCUT2D eigenvalue weighted by Crippen LogP contribution is -2.30. The summed E-state index contributed by atoms with van der Waals surface area (Å²) in [6.45, 7) is 14.0. The number of carbonyl (C=O) groups is 4. The predicted octanol–water partition coefficient (Wildman–Crippen LogP) is 18.5. The van der Waals surface area contributed by atoms with E-state index in [-0.39, 0.29) is 25.7 Å². The van der Waals surface area contributed by atoms with Crippen LogP contribution in [0.2, 0.25) is 0 Å². The summed E-state index contributed by atoms with van der Waals surface area (Å²) >= 11 is 0. The third kappa shape index (κ3) is 58.4. The highest BCUT2D eigenvalue weighted by Crippen LogP contribution is 2.45. The molecule has 0 spiro atoms. The Morgan fingerprint density at radius 2 is 0.558 bits per heavy atom. The summed E-state index contributed by atoms with van der Waals surface area (Å²) < 4.78 is 68.0. The Bertz CT molecular complexity index is 1720. The van der Waals surface area contributed by atoms with Crippen LogP contribution in [0.4, 0.5) is 0 Å². The molecule has 0 aliphatic rings. The van der Waals surface area contributed by atoms with Gasteiger partial charge in [-0.15, -0.1) is 0 Å². The van der Waals surface area contributed by atoms with E-state index in [1.165, 1.54) is 116 Å². The number of rotatable bonds is 64. The van der Waals surface area contributed by atoms with Crippen LogP contribution in [0, 0.1) is 23.7 Å². The predicted molar refractivity (Wildman–Crippen MR) is 344 cm³/mol. The zero-order valence-electron chi connectivity index (χ0n) is 55.9. The second-order valence-electron chi connectivity index (χ2n) is 25.6. The Morgan fingerprint density at radius 1 is 0.326 bits per heavy atom. The van der Waals surface area contributed by atoms with Gasteiger partial charge in [0, 0.05) is 25.7 Å². The van der Waals surface area contributed by atoms with Crippen molar-refractivity contribution in [3.05, 3.63) is 0 Å². The minimum absolute atomic E-state index is 0.101. The Labute approximate surface area is 524 Å². The highest BCUT2D eigenvalue weighted by atomic mass is 31.2. The topological polar surface area (TPSA) is 237 Å². The smallest absolute Gasteiger partial charge is 0.462 e. The number of hydrogen-bond acceptors (Lipinski definition) is 15. The molecule has 0 fully saturated rings. The SMILES string of the molecule is CCC(C)CCCCCCCCCCCCCCCCC(=O)O[C@H](COC(=O)CCCCCCCCC(C)C)COP(=O)(O)OC[C@H](O)COP(=O)(O)OC[C@@H](COC(=O)CCCCCCCCC(C)CC)OC(=O)CCCCCCCCC(C)C. The van der Waals surface area contributed by atoms with Crippen molar-refractivity contribution in [3.63, 3.8) is 0 Å². The van der Waals surface area contributed by atoms with Gasteiger partial charge in [-0.2, -0.15) is 0 Å². The average molecular weight is 1270 g/mol. The minimum atomic E-state index is -4.95. The van der Waals surface area contributed by atoms with Crippen LogP contribution in [0.1, 0.15) is 325 Å². The number of phosphoric ester groups is 2. The molecule has 86 heavy (non-hydrogen) atoms. The highest BCUT2D eigenvalue weighted by molar-refractivity contribution is 7.47. The van der Waals surface area contributed by atoms with E-state index in [4.69, 9.17) is 37.0 Å². The maximum Gasteiger partial charge on any atom is 0.472 e. The fourth-order valence-corrected chi connectivity index (χ4v) is 11.5. The monoisotopic (exact) mass is 1270 g/mol. The van der Waals surface area contributed by atoms with Crippen molar-refractivity contribution in [2.45, 2.75) is 343 Å². The van der Waals surface area contributed by atoms with Crippen molar-refractivity contribution in [1.29, 1.82) is 0 Å². The van der Waals surface area contributed by atoms with E-state index in [1.807, 2.05) is 0 Å². The minimum Gasteiger partial charge on any atom is -0.462 e. The second-order valence-corrected chi connectivity index (χ2v) is 28.6. The first-order valence-corrected chi connectivity index (χ1v) is 37.8. The van der Waals surface area contributed by atoms with Crippen molar-refractivity contribution in [2.24, 2.45) is 23.7 Å². The third-order valence-electron chi connectivity index (χ3n) is 16.0. The number of esters is 4. The summed E-state index contributed by atoms with van der Waals surface area (Å²) in [5.41, 5.74) is 0. The number of aliphatic hydroxyl groups is 1. The zero-order valence-corrected chi connectivity index (χ0v) is 57.7. The lowest BCUT2D eigenvalue weighted by Gasteiger charge is -2.21. The van der Waals surface area contributed by atoms with E-state index < -0.39 is 97.5 Å². The second kappa shape index (κ2) is 57.0. The van der Waals surface area contributed by atoms with Crippen LogP contribution in [-0.4, -0.2) is 96.7 Å². The number of ether oxygens (including phenoxy) is 4.